The number of benzene rings is 1. The van der Waals surface area contributed by atoms with Crippen LogP contribution < -0.4 is 16.6 Å². The van der Waals surface area contributed by atoms with Gasteiger partial charge in [0.05, 0.1) is 22.8 Å². The van der Waals surface area contributed by atoms with Gasteiger partial charge in [-0.2, -0.15) is 0 Å². The van der Waals surface area contributed by atoms with Gasteiger partial charge in [-0.05, 0) is 25.3 Å². The van der Waals surface area contributed by atoms with Gasteiger partial charge in [0.25, 0.3) is 5.69 Å². The van der Waals surface area contributed by atoms with E-state index in [1.54, 1.807) is 6.07 Å². The normalized spacial score (nSPS) is 16.8. The van der Waals surface area contributed by atoms with Crippen molar-refractivity contribution in [3.63, 3.8) is 0 Å². The second kappa shape index (κ2) is 4.79. The molecule has 0 atom stereocenters. The second-order valence-corrected chi connectivity index (χ2v) is 4.59. The average molecular weight is 252 g/mol. The molecule has 1 aliphatic carbocycles. The highest BCUT2D eigenvalue weighted by Gasteiger charge is 2.36. The third-order valence-electron chi connectivity index (χ3n) is 3.32. The van der Waals surface area contributed by atoms with Gasteiger partial charge in [0.1, 0.15) is 0 Å². The maximum absolute atomic E-state index is 10.8. The smallest absolute Gasteiger partial charge is 0.273 e. The van der Waals surface area contributed by atoms with Gasteiger partial charge in [0.15, 0.2) is 0 Å². The molecular weight excluding hydrogens is 236 g/mol. The summed E-state index contributed by atoms with van der Waals surface area (Å²) in [4.78, 5) is 10.3. The largest absolute Gasteiger partial charge is 0.394 e. The van der Waals surface area contributed by atoms with Crippen LogP contribution in [0.1, 0.15) is 19.3 Å². The number of aliphatic hydroxyl groups is 1. The number of hydrogen-bond acceptors (Lipinski definition) is 6. The van der Waals surface area contributed by atoms with Gasteiger partial charge >= 0.3 is 0 Å². The maximum atomic E-state index is 10.8. The van der Waals surface area contributed by atoms with Gasteiger partial charge in [0.2, 0.25) is 0 Å². The number of nitro groups is 1. The molecule has 2 rings (SSSR count). The second-order valence-electron chi connectivity index (χ2n) is 4.59. The summed E-state index contributed by atoms with van der Waals surface area (Å²) < 4.78 is 0. The third-order valence-corrected chi connectivity index (χ3v) is 3.32. The molecule has 98 valence electrons. The monoisotopic (exact) mass is 252 g/mol. The predicted molar refractivity (Wildman–Crippen MR) is 68.2 cm³/mol. The maximum Gasteiger partial charge on any atom is 0.273 e. The number of nitrogen functional groups attached to an aromatic ring is 1. The summed E-state index contributed by atoms with van der Waals surface area (Å²) in [7, 11) is 0. The van der Waals surface area contributed by atoms with Crippen LogP contribution in [0.25, 0.3) is 0 Å². The number of hydrazine groups is 1. The zero-order chi connectivity index (χ0) is 13.2. The summed E-state index contributed by atoms with van der Waals surface area (Å²) in [5, 5.41) is 23.3. The van der Waals surface area contributed by atoms with E-state index in [0.29, 0.717) is 11.4 Å². The van der Waals surface area contributed by atoms with Crippen LogP contribution in [0.15, 0.2) is 18.2 Å². The molecule has 7 heteroatoms. The van der Waals surface area contributed by atoms with Crippen LogP contribution in [0, 0.1) is 10.1 Å². The van der Waals surface area contributed by atoms with Crippen LogP contribution in [0.2, 0.25) is 0 Å². The van der Waals surface area contributed by atoms with E-state index in [1.807, 2.05) is 0 Å². The number of anilines is 2. The summed E-state index contributed by atoms with van der Waals surface area (Å²) in [5.74, 6) is 5.28. The number of nitrogens with zero attached hydrogens (tertiary/aromatic N) is 1. The molecule has 1 saturated carbocycles. The van der Waals surface area contributed by atoms with Crippen LogP contribution in [0.5, 0.6) is 0 Å². The lowest BCUT2D eigenvalue weighted by atomic mass is 9.77. The van der Waals surface area contributed by atoms with E-state index >= 15 is 0 Å². The zero-order valence-electron chi connectivity index (χ0n) is 9.85. The first-order chi connectivity index (χ1) is 8.58. The summed E-state index contributed by atoms with van der Waals surface area (Å²) >= 11 is 0. The van der Waals surface area contributed by atoms with Crippen molar-refractivity contribution in [1.82, 2.24) is 0 Å². The van der Waals surface area contributed by atoms with E-state index in [0.717, 1.165) is 19.3 Å². The number of aliphatic hydroxyl groups excluding tert-OH is 1. The Morgan fingerprint density at radius 1 is 1.39 bits per heavy atom. The summed E-state index contributed by atoms with van der Waals surface area (Å²) in [6.07, 6.45) is 2.76. The molecule has 1 aliphatic rings. The van der Waals surface area contributed by atoms with Gasteiger partial charge in [-0.25, -0.2) is 0 Å². The minimum absolute atomic E-state index is 0.0150. The Morgan fingerprint density at radius 2 is 2.06 bits per heavy atom. The fraction of sp³-hybridized carbons (Fsp3) is 0.455. The lowest BCUT2D eigenvalue weighted by molar-refractivity contribution is -0.384. The summed E-state index contributed by atoms with van der Waals surface area (Å²) in [6, 6.07) is 4.48. The number of nitrogens with two attached hydrogens (primary N) is 1. The highest BCUT2D eigenvalue weighted by molar-refractivity contribution is 5.64. The Bertz CT molecular complexity index is 454. The van der Waals surface area contributed by atoms with E-state index in [2.05, 4.69) is 10.7 Å². The molecule has 0 heterocycles. The van der Waals surface area contributed by atoms with Gasteiger partial charge < -0.3 is 15.8 Å². The van der Waals surface area contributed by atoms with Crippen molar-refractivity contribution in [3.8, 4) is 0 Å². The van der Waals surface area contributed by atoms with Crippen LogP contribution in [0.4, 0.5) is 17.1 Å². The molecule has 0 radical (unpaired) electrons. The van der Waals surface area contributed by atoms with Gasteiger partial charge in [-0.15, -0.1) is 0 Å². The Labute approximate surface area is 104 Å². The van der Waals surface area contributed by atoms with E-state index in [4.69, 9.17) is 5.84 Å². The molecule has 7 nitrogen and oxygen atoms in total. The number of hydrogen-bond donors (Lipinski definition) is 4. The minimum atomic E-state index is -0.474. The van der Waals surface area contributed by atoms with Crippen molar-refractivity contribution in [2.24, 2.45) is 5.84 Å². The molecule has 0 amide bonds. The summed E-state index contributed by atoms with van der Waals surface area (Å²) in [6.45, 7) is 0.0150. The fourth-order valence-corrected chi connectivity index (χ4v) is 2.10. The predicted octanol–water partition coefficient (Wildman–Crippen LogP) is 1.21. The van der Waals surface area contributed by atoms with E-state index in [9.17, 15) is 15.2 Å². The standard InChI is InChI=1S/C11H16N4O3/c12-14-9-4-8(5-10(6-9)15(17)18)13-11(7-16)2-1-3-11/h4-6,13-14,16H,1-3,7,12H2. The number of non-ortho nitro benzene ring substituents is 1. The highest BCUT2D eigenvalue weighted by atomic mass is 16.6. The average Bonchev–Trinajstić information content (AvgIpc) is 2.33. The molecule has 1 aromatic carbocycles. The van der Waals surface area contributed by atoms with E-state index in [-0.39, 0.29) is 17.8 Å². The summed E-state index contributed by atoms with van der Waals surface area (Å²) in [5.41, 5.74) is 3.05. The molecule has 0 saturated heterocycles. The molecule has 0 spiro atoms. The lowest BCUT2D eigenvalue weighted by Crippen LogP contribution is -2.48. The highest BCUT2D eigenvalue weighted by Crippen LogP contribution is 2.36. The molecule has 5 N–H and O–H groups in total. The molecule has 1 fully saturated rings. The lowest BCUT2D eigenvalue weighted by Gasteiger charge is -2.41. The first-order valence-corrected chi connectivity index (χ1v) is 5.74. The SMILES string of the molecule is NNc1cc(NC2(CO)CCC2)cc([N+](=O)[O-])c1. The molecule has 1 aromatic rings. The quantitative estimate of drug-likeness (QED) is 0.356. The van der Waals surface area contributed by atoms with Gasteiger partial charge in [-0.3, -0.25) is 16.0 Å². The van der Waals surface area contributed by atoms with E-state index < -0.39 is 4.92 Å². The van der Waals surface area contributed by atoms with Crippen molar-refractivity contribution in [2.75, 3.05) is 17.3 Å². The van der Waals surface area contributed by atoms with Crippen LogP contribution >= 0.6 is 0 Å². The zero-order valence-corrected chi connectivity index (χ0v) is 9.85. The van der Waals surface area contributed by atoms with Crippen LogP contribution in [-0.4, -0.2) is 22.2 Å². The van der Waals surface area contributed by atoms with Crippen molar-refractivity contribution in [1.29, 1.82) is 0 Å². The molecule has 0 aromatic heterocycles. The molecule has 0 bridgehead atoms. The molecule has 0 aliphatic heterocycles. The number of nitrogens with one attached hydrogen (secondary N) is 2. The fourth-order valence-electron chi connectivity index (χ4n) is 2.10. The van der Waals surface area contributed by atoms with E-state index in [1.165, 1.54) is 12.1 Å². The minimum Gasteiger partial charge on any atom is -0.394 e. The van der Waals surface area contributed by atoms with Crippen molar-refractivity contribution >= 4 is 17.1 Å². The first kappa shape index (κ1) is 12.6. The molecule has 18 heavy (non-hydrogen) atoms. The van der Waals surface area contributed by atoms with Crippen molar-refractivity contribution in [3.05, 3.63) is 28.3 Å². The topological polar surface area (TPSA) is 113 Å². The molecular formula is C11H16N4O3. The Balaban J connectivity index is 2.26. The Hall–Kier alpha value is -1.86. The van der Waals surface area contributed by atoms with Gasteiger partial charge in [0, 0.05) is 17.8 Å². The Kier molecular flexibility index (Phi) is 3.35. The first-order valence-electron chi connectivity index (χ1n) is 5.74. The van der Waals surface area contributed by atoms with Crippen LogP contribution in [-0.2, 0) is 0 Å². The third kappa shape index (κ3) is 2.36. The molecule has 0 unspecified atom stereocenters. The number of nitro benzene ring substituents is 1. The van der Waals surface area contributed by atoms with Crippen molar-refractivity contribution in [2.45, 2.75) is 24.8 Å². The Morgan fingerprint density at radius 3 is 2.50 bits per heavy atom. The van der Waals surface area contributed by atoms with Gasteiger partial charge in [-0.1, -0.05) is 0 Å². The van der Waals surface area contributed by atoms with Crippen LogP contribution in [0.3, 0.4) is 0 Å². The number of rotatable bonds is 5. The van der Waals surface area contributed by atoms with Crippen molar-refractivity contribution < 1.29 is 10.0 Å².